The number of carboxylic acid groups (broad SMARTS) is 1. The minimum atomic E-state index is -4.45. The van der Waals surface area contributed by atoms with Crippen molar-refractivity contribution in [3.8, 4) is 0 Å². The van der Waals surface area contributed by atoms with Crippen molar-refractivity contribution in [3.05, 3.63) is 0 Å². The van der Waals surface area contributed by atoms with Crippen LogP contribution in [0.5, 0.6) is 0 Å². The van der Waals surface area contributed by atoms with Crippen molar-refractivity contribution >= 4 is 12.1 Å². The van der Waals surface area contributed by atoms with Crippen molar-refractivity contribution in [2.75, 3.05) is 0 Å². The Labute approximate surface area is 108 Å². The van der Waals surface area contributed by atoms with Gasteiger partial charge in [0.05, 0.1) is 5.92 Å². The highest BCUT2D eigenvalue weighted by Gasteiger charge is 2.60. The Morgan fingerprint density at radius 2 is 1.74 bits per heavy atom. The van der Waals surface area contributed by atoms with Crippen LogP contribution in [0.1, 0.15) is 33.6 Å². The van der Waals surface area contributed by atoms with Crippen LogP contribution in [-0.4, -0.2) is 34.5 Å². The average molecular weight is 283 g/mol. The third kappa shape index (κ3) is 3.74. The van der Waals surface area contributed by atoms with Gasteiger partial charge in [0.15, 0.2) is 0 Å². The number of carboxylic acids is 1. The zero-order valence-corrected chi connectivity index (χ0v) is 10.8. The highest BCUT2D eigenvalue weighted by Crippen LogP contribution is 2.47. The first-order chi connectivity index (χ1) is 8.36. The number of carbonyl (C=O) groups is 2. The number of aliphatic carboxylic acids is 1. The number of halogens is 3. The Morgan fingerprint density at radius 1 is 1.26 bits per heavy atom. The predicted molar refractivity (Wildman–Crippen MR) is 58.5 cm³/mol. The van der Waals surface area contributed by atoms with Crippen LogP contribution in [0.4, 0.5) is 18.0 Å². The molecule has 1 rings (SSSR count). The van der Waals surface area contributed by atoms with Crippen LogP contribution in [0, 0.1) is 5.92 Å². The summed E-state index contributed by atoms with van der Waals surface area (Å²) in [6.07, 6.45) is -6.83. The van der Waals surface area contributed by atoms with Crippen molar-refractivity contribution in [2.45, 2.75) is 50.9 Å². The molecule has 0 spiro atoms. The van der Waals surface area contributed by atoms with E-state index in [0.717, 1.165) is 0 Å². The van der Waals surface area contributed by atoms with Gasteiger partial charge in [0.1, 0.15) is 11.1 Å². The predicted octanol–water partition coefficient (Wildman–Crippen LogP) is 2.31. The maximum Gasteiger partial charge on any atom is 0.408 e. The molecule has 0 bridgehead atoms. The number of ether oxygens (including phenoxy) is 1. The highest BCUT2D eigenvalue weighted by atomic mass is 19.4. The number of rotatable bonds is 2. The zero-order valence-electron chi connectivity index (χ0n) is 10.8. The number of alkyl halides is 3. The van der Waals surface area contributed by atoms with E-state index in [-0.39, 0.29) is 0 Å². The van der Waals surface area contributed by atoms with Gasteiger partial charge in [-0.15, -0.1) is 0 Å². The van der Waals surface area contributed by atoms with Crippen LogP contribution in [0.3, 0.4) is 0 Å². The molecule has 0 heterocycles. The zero-order chi connectivity index (χ0) is 15.1. The van der Waals surface area contributed by atoms with E-state index in [1.807, 2.05) is 5.32 Å². The SMILES string of the molecule is CC(C)(C)OC(=O)NC1(C(=O)O)CC(C(F)(F)F)C1. The van der Waals surface area contributed by atoms with E-state index in [9.17, 15) is 22.8 Å². The van der Waals surface area contributed by atoms with E-state index in [2.05, 4.69) is 0 Å². The van der Waals surface area contributed by atoms with Gasteiger partial charge < -0.3 is 15.2 Å². The molecule has 0 aromatic rings. The van der Waals surface area contributed by atoms with Crippen molar-refractivity contribution in [2.24, 2.45) is 5.92 Å². The third-order valence-electron chi connectivity index (χ3n) is 2.80. The minimum absolute atomic E-state index is 0.676. The first kappa shape index (κ1) is 15.6. The van der Waals surface area contributed by atoms with E-state index >= 15 is 0 Å². The second-order valence-corrected chi connectivity index (χ2v) is 5.66. The van der Waals surface area contributed by atoms with Crippen molar-refractivity contribution in [1.29, 1.82) is 0 Å². The molecule has 1 saturated carbocycles. The molecule has 0 aliphatic heterocycles. The minimum Gasteiger partial charge on any atom is -0.480 e. The molecule has 0 saturated heterocycles. The van der Waals surface area contributed by atoms with Crippen LogP contribution in [-0.2, 0) is 9.53 Å². The molecule has 8 heteroatoms. The molecule has 0 radical (unpaired) electrons. The molecular formula is C11H16F3NO4. The molecule has 0 aromatic heterocycles. The second kappa shape index (κ2) is 4.57. The van der Waals surface area contributed by atoms with Crippen LogP contribution >= 0.6 is 0 Å². The average Bonchev–Trinajstić information content (AvgIpc) is 2.04. The lowest BCUT2D eigenvalue weighted by molar-refractivity contribution is -0.214. The van der Waals surface area contributed by atoms with E-state index in [4.69, 9.17) is 9.84 Å². The molecule has 5 nitrogen and oxygen atoms in total. The molecule has 1 fully saturated rings. The Kier molecular flexibility index (Phi) is 3.75. The summed E-state index contributed by atoms with van der Waals surface area (Å²) in [6.45, 7) is 4.71. The molecule has 1 aliphatic rings. The summed E-state index contributed by atoms with van der Waals surface area (Å²) in [5.74, 6) is -3.20. The van der Waals surface area contributed by atoms with Gasteiger partial charge in [-0.05, 0) is 33.6 Å². The van der Waals surface area contributed by atoms with E-state index in [1.165, 1.54) is 0 Å². The first-order valence-corrected chi connectivity index (χ1v) is 5.67. The van der Waals surface area contributed by atoms with E-state index in [1.54, 1.807) is 20.8 Å². The Bertz CT molecular complexity index is 380. The molecule has 1 aliphatic carbocycles. The summed E-state index contributed by atoms with van der Waals surface area (Å²) >= 11 is 0. The van der Waals surface area contributed by atoms with Crippen LogP contribution in [0.25, 0.3) is 0 Å². The fraction of sp³-hybridized carbons (Fsp3) is 0.818. The third-order valence-corrected chi connectivity index (χ3v) is 2.80. The van der Waals surface area contributed by atoms with Crippen LogP contribution < -0.4 is 5.32 Å². The molecule has 0 atom stereocenters. The molecule has 19 heavy (non-hydrogen) atoms. The van der Waals surface area contributed by atoms with Crippen molar-refractivity contribution < 1.29 is 32.6 Å². The monoisotopic (exact) mass is 283 g/mol. The van der Waals surface area contributed by atoms with Crippen LogP contribution in [0.15, 0.2) is 0 Å². The van der Waals surface area contributed by atoms with Gasteiger partial charge in [-0.1, -0.05) is 0 Å². The lowest BCUT2D eigenvalue weighted by atomic mass is 9.68. The summed E-state index contributed by atoms with van der Waals surface area (Å²) in [7, 11) is 0. The first-order valence-electron chi connectivity index (χ1n) is 5.67. The number of hydrogen-bond donors (Lipinski definition) is 2. The molecule has 1 amide bonds. The number of carbonyl (C=O) groups excluding carboxylic acids is 1. The van der Waals surface area contributed by atoms with E-state index in [0.29, 0.717) is 0 Å². The molecular weight excluding hydrogens is 267 g/mol. The molecule has 0 aromatic carbocycles. The van der Waals surface area contributed by atoms with Crippen LogP contribution in [0.2, 0.25) is 0 Å². The summed E-state index contributed by atoms with van der Waals surface area (Å²) in [6, 6.07) is 0. The fourth-order valence-corrected chi connectivity index (χ4v) is 1.84. The van der Waals surface area contributed by atoms with Gasteiger partial charge in [-0.25, -0.2) is 9.59 Å². The number of alkyl carbamates (subject to hydrolysis) is 1. The summed E-state index contributed by atoms with van der Waals surface area (Å²) in [5.41, 5.74) is -2.74. The number of amides is 1. The van der Waals surface area contributed by atoms with Gasteiger partial charge in [-0.3, -0.25) is 0 Å². The molecule has 0 unspecified atom stereocenters. The Morgan fingerprint density at radius 3 is 2.05 bits per heavy atom. The lowest BCUT2D eigenvalue weighted by Crippen LogP contribution is -2.65. The smallest absolute Gasteiger partial charge is 0.408 e. The molecule has 2 N–H and O–H groups in total. The Balaban J connectivity index is 2.68. The number of nitrogens with one attached hydrogen (secondary N) is 1. The summed E-state index contributed by atoms with van der Waals surface area (Å²) < 4.78 is 42.0. The second-order valence-electron chi connectivity index (χ2n) is 5.66. The van der Waals surface area contributed by atoms with Gasteiger partial charge in [0, 0.05) is 0 Å². The summed E-state index contributed by atoms with van der Waals surface area (Å²) in [5, 5.41) is 11.0. The van der Waals surface area contributed by atoms with Crippen molar-refractivity contribution in [3.63, 3.8) is 0 Å². The highest BCUT2D eigenvalue weighted by molar-refractivity contribution is 5.85. The lowest BCUT2D eigenvalue weighted by Gasteiger charge is -2.45. The largest absolute Gasteiger partial charge is 0.480 e. The maximum atomic E-state index is 12.4. The number of hydrogen-bond acceptors (Lipinski definition) is 3. The van der Waals surface area contributed by atoms with Gasteiger partial charge in [0.25, 0.3) is 0 Å². The molecule has 110 valence electrons. The fourth-order valence-electron chi connectivity index (χ4n) is 1.84. The Hall–Kier alpha value is -1.47. The van der Waals surface area contributed by atoms with Gasteiger partial charge >= 0.3 is 18.2 Å². The quantitative estimate of drug-likeness (QED) is 0.815. The van der Waals surface area contributed by atoms with Gasteiger partial charge in [-0.2, -0.15) is 13.2 Å². The maximum absolute atomic E-state index is 12.4. The van der Waals surface area contributed by atoms with Gasteiger partial charge in [0.2, 0.25) is 0 Å². The normalized spacial score (nSPS) is 27.4. The summed E-state index contributed by atoms with van der Waals surface area (Å²) in [4.78, 5) is 22.5. The topological polar surface area (TPSA) is 75.6 Å². The van der Waals surface area contributed by atoms with Crippen molar-refractivity contribution in [1.82, 2.24) is 5.32 Å². The standard InChI is InChI=1S/C11H16F3NO4/c1-9(2,3)19-8(18)15-10(7(16)17)4-6(5-10)11(12,13)14/h6H,4-5H2,1-3H3,(H,15,18)(H,16,17). The van der Waals surface area contributed by atoms with E-state index < -0.39 is 48.1 Å².